The van der Waals surface area contributed by atoms with Crippen LogP contribution in [0.25, 0.3) is 0 Å². The highest BCUT2D eigenvalue weighted by Gasteiger charge is 2.42. The molecule has 2 bridgehead atoms. The summed E-state index contributed by atoms with van der Waals surface area (Å²) < 4.78 is 24.1. The van der Waals surface area contributed by atoms with Crippen LogP contribution >= 0.6 is 0 Å². The molecule has 1 aliphatic carbocycles. The second-order valence-corrected chi connectivity index (χ2v) is 8.63. The van der Waals surface area contributed by atoms with Gasteiger partial charge in [0.25, 0.3) is 0 Å². The van der Waals surface area contributed by atoms with Gasteiger partial charge < -0.3 is 9.47 Å². The molecule has 2 unspecified atom stereocenters. The van der Waals surface area contributed by atoms with Crippen molar-refractivity contribution < 1.29 is 33.8 Å². The summed E-state index contributed by atoms with van der Waals surface area (Å²) in [6.07, 6.45) is 2.84. The number of hydrogen-bond donors (Lipinski definition) is 1. The molecule has 1 aromatic carbocycles. The fourth-order valence-electron chi connectivity index (χ4n) is 4.67. The van der Waals surface area contributed by atoms with E-state index in [0.717, 1.165) is 12.8 Å². The Morgan fingerprint density at radius 3 is 2.45 bits per heavy atom. The molecule has 1 aromatic rings. The van der Waals surface area contributed by atoms with Gasteiger partial charge in [-0.25, -0.2) is 14.5 Å². The molecular weight excluding hydrogens is 379 g/mol. The molecule has 2 aliphatic rings. The molecule has 3 rings (SSSR count). The van der Waals surface area contributed by atoms with E-state index in [0.29, 0.717) is 35.7 Å². The van der Waals surface area contributed by atoms with E-state index in [2.05, 4.69) is 18.7 Å². The van der Waals surface area contributed by atoms with Gasteiger partial charge in [0, 0.05) is 19.3 Å². The SMILES string of the molecule is CC(F)Oc1ccc(O[C@H]2OO[C@@](C)(OO)CC[C@H]3CCC[C@H](C3C)[C@H]2C)cc1. The Hall–Kier alpha value is -1.41. The topological polar surface area (TPSA) is 66.4 Å². The number of alkyl halides is 1. The van der Waals surface area contributed by atoms with E-state index in [1.54, 1.807) is 31.2 Å². The van der Waals surface area contributed by atoms with Crippen molar-refractivity contribution >= 4 is 0 Å². The Kier molecular flexibility index (Phi) is 7.37. The summed E-state index contributed by atoms with van der Waals surface area (Å²) in [6, 6.07) is 6.72. The minimum absolute atomic E-state index is 0.0654. The van der Waals surface area contributed by atoms with E-state index in [1.807, 2.05) is 0 Å². The van der Waals surface area contributed by atoms with Crippen LogP contribution < -0.4 is 9.47 Å². The van der Waals surface area contributed by atoms with E-state index in [9.17, 15) is 9.65 Å². The van der Waals surface area contributed by atoms with Gasteiger partial charge >= 0.3 is 0 Å². The highest BCUT2D eigenvalue weighted by molar-refractivity contribution is 5.31. The maximum Gasteiger partial charge on any atom is 0.235 e. The normalized spacial score (nSPS) is 36.8. The molecule has 0 amide bonds. The van der Waals surface area contributed by atoms with E-state index < -0.39 is 18.4 Å². The first-order valence-electron chi connectivity index (χ1n) is 10.6. The monoisotopic (exact) mass is 412 g/mol. The Morgan fingerprint density at radius 2 is 1.79 bits per heavy atom. The molecule has 164 valence electrons. The first-order chi connectivity index (χ1) is 13.8. The van der Waals surface area contributed by atoms with Gasteiger partial charge in [-0.15, -0.1) is 0 Å². The molecule has 6 nitrogen and oxygen atoms in total. The zero-order valence-electron chi connectivity index (χ0n) is 17.7. The van der Waals surface area contributed by atoms with E-state index in [4.69, 9.17) is 19.2 Å². The number of ether oxygens (including phenoxy) is 2. The van der Waals surface area contributed by atoms with E-state index in [-0.39, 0.29) is 5.92 Å². The Labute approximate surface area is 172 Å². The molecule has 29 heavy (non-hydrogen) atoms. The van der Waals surface area contributed by atoms with Crippen molar-refractivity contribution in [3.05, 3.63) is 24.3 Å². The van der Waals surface area contributed by atoms with Gasteiger partial charge in [0.1, 0.15) is 11.5 Å². The van der Waals surface area contributed by atoms with Crippen molar-refractivity contribution in [1.82, 2.24) is 0 Å². The average Bonchev–Trinajstić information content (AvgIpc) is 2.70. The fraction of sp³-hybridized carbons (Fsp3) is 0.727. The highest BCUT2D eigenvalue weighted by atomic mass is 19.1. The molecule has 7 atom stereocenters. The van der Waals surface area contributed by atoms with Gasteiger partial charge in [-0.05, 0) is 61.8 Å². The van der Waals surface area contributed by atoms with Gasteiger partial charge in [0.2, 0.25) is 18.4 Å². The maximum atomic E-state index is 13.0. The Bertz CT molecular complexity index is 639. The van der Waals surface area contributed by atoms with Crippen molar-refractivity contribution in [1.29, 1.82) is 0 Å². The zero-order chi connectivity index (χ0) is 21.0. The molecule has 0 aromatic heterocycles. The molecule has 1 aliphatic heterocycles. The van der Waals surface area contributed by atoms with Gasteiger partial charge in [-0.1, -0.05) is 26.7 Å². The van der Waals surface area contributed by atoms with Crippen LogP contribution in [0.2, 0.25) is 0 Å². The van der Waals surface area contributed by atoms with Crippen LogP contribution in [0.5, 0.6) is 11.5 Å². The second kappa shape index (κ2) is 9.60. The van der Waals surface area contributed by atoms with Crippen LogP contribution in [0.3, 0.4) is 0 Å². The van der Waals surface area contributed by atoms with Gasteiger partial charge in [0.05, 0.1) is 0 Å². The summed E-state index contributed by atoms with van der Waals surface area (Å²) in [6.45, 7) is 7.40. The lowest BCUT2D eigenvalue weighted by molar-refractivity contribution is -0.522. The summed E-state index contributed by atoms with van der Waals surface area (Å²) in [7, 11) is 0. The van der Waals surface area contributed by atoms with Crippen LogP contribution in [0.1, 0.15) is 59.8 Å². The molecule has 0 radical (unpaired) electrons. The molecule has 1 saturated heterocycles. The van der Waals surface area contributed by atoms with E-state index in [1.165, 1.54) is 19.8 Å². The molecule has 0 spiro atoms. The third kappa shape index (κ3) is 5.60. The smallest absolute Gasteiger partial charge is 0.235 e. The molecule has 2 fully saturated rings. The van der Waals surface area contributed by atoms with Crippen molar-refractivity contribution in [2.45, 2.75) is 78.2 Å². The third-order valence-electron chi connectivity index (χ3n) is 6.49. The summed E-state index contributed by atoms with van der Waals surface area (Å²) in [5.74, 6) is 1.30. The van der Waals surface area contributed by atoms with Crippen molar-refractivity contribution in [2.75, 3.05) is 0 Å². The number of benzene rings is 1. The van der Waals surface area contributed by atoms with Crippen LogP contribution in [0, 0.1) is 23.7 Å². The van der Waals surface area contributed by atoms with Gasteiger partial charge in [-0.3, -0.25) is 0 Å². The Morgan fingerprint density at radius 1 is 1.10 bits per heavy atom. The predicted molar refractivity (Wildman–Crippen MR) is 105 cm³/mol. The number of rotatable bonds is 5. The molecule has 1 saturated carbocycles. The third-order valence-corrected chi connectivity index (χ3v) is 6.49. The fourth-order valence-corrected chi connectivity index (χ4v) is 4.67. The second-order valence-electron chi connectivity index (χ2n) is 8.63. The molecule has 7 heteroatoms. The first-order valence-corrected chi connectivity index (χ1v) is 10.6. The molecule has 1 N–H and O–H groups in total. The predicted octanol–water partition coefficient (Wildman–Crippen LogP) is 5.72. The van der Waals surface area contributed by atoms with Crippen molar-refractivity contribution in [2.24, 2.45) is 23.7 Å². The quantitative estimate of drug-likeness (QED) is 0.493. The van der Waals surface area contributed by atoms with Gasteiger partial charge in [0.15, 0.2) is 0 Å². The van der Waals surface area contributed by atoms with Crippen LogP contribution in [-0.2, 0) is 14.7 Å². The van der Waals surface area contributed by atoms with E-state index >= 15 is 0 Å². The zero-order valence-corrected chi connectivity index (χ0v) is 17.7. The average molecular weight is 412 g/mol. The van der Waals surface area contributed by atoms with Crippen molar-refractivity contribution in [3.63, 3.8) is 0 Å². The summed E-state index contributed by atoms with van der Waals surface area (Å²) >= 11 is 0. The van der Waals surface area contributed by atoms with Crippen LogP contribution in [-0.4, -0.2) is 23.7 Å². The number of halogens is 1. The Balaban J connectivity index is 1.78. The number of fused-ring (bicyclic) bond motifs is 2. The minimum Gasteiger partial charge on any atom is -0.462 e. The van der Waals surface area contributed by atoms with Gasteiger partial charge in [-0.2, -0.15) is 9.78 Å². The summed E-state index contributed by atoms with van der Waals surface area (Å²) in [5, 5.41) is 9.37. The van der Waals surface area contributed by atoms with Crippen molar-refractivity contribution in [3.8, 4) is 11.5 Å². The lowest BCUT2D eigenvalue weighted by Crippen LogP contribution is -2.44. The highest BCUT2D eigenvalue weighted by Crippen LogP contribution is 2.44. The first kappa shape index (κ1) is 22.3. The summed E-state index contributed by atoms with van der Waals surface area (Å²) in [4.78, 5) is 15.8. The maximum absolute atomic E-state index is 13.0. The summed E-state index contributed by atoms with van der Waals surface area (Å²) in [5.41, 5.74) is 0. The molecule has 1 heterocycles. The lowest BCUT2D eigenvalue weighted by Gasteiger charge is -2.43. The number of hydrogen-bond acceptors (Lipinski definition) is 6. The standard InChI is InChI=1S/C22H33FO6/c1-14-17-6-5-7-20(14)15(2)21(27-29-22(4,28-24)13-12-17)26-19-10-8-18(9-11-19)25-16(3)23/h8-11,14-17,20-21,24H,5-7,12-13H2,1-4H3/t14?,15-,16?,17-,20-,21+,22-/m1/s1. The largest absolute Gasteiger partial charge is 0.462 e. The lowest BCUT2D eigenvalue weighted by atomic mass is 9.66. The minimum atomic E-state index is -1.38. The van der Waals surface area contributed by atoms with Crippen LogP contribution in [0.4, 0.5) is 4.39 Å². The molecular formula is C22H33FO6. The van der Waals surface area contributed by atoms with Crippen LogP contribution in [0.15, 0.2) is 24.3 Å².